The lowest BCUT2D eigenvalue weighted by Gasteiger charge is -2.22. The van der Waals surface area contributed by atoms with Gasteiger partial charge in [-0.05, 0) is 55.9 Å². The van der Waals surface area contributed by atoms with E-state index in [0.717, 1.165) is 17.7 Å². The normalized spacial score (nSPS) is 14.7. The maximum Gasteiger partial charge on any atom is 0.341 e. The number of carboxylic acids is 1. The van der Waals surface area contributed by atoms with Crippen LogP contribution in [0.2, 0.25) is 0 Å². The first-order valence-electron chi connectivity index (χ1n) is 8.09. The summed E-state index contributed by atoms with van der Waals surface area (Å²) in [4.78, 5) is 25.0. The van der Waals surface area contributed by atoms with E-state index in [4.69, 9.17) is 9.84 Å². The Balaban J connectivity index is 2.09. The molecule has 0 spiro atoms. The third-order valence-electron chi connectivity index (χ3n) is 4.40. The molecule has 1 aliphatic rings. The van der Waals surface area contributed by atoms with Crippen molar-refractivity contribution in [1.82, 2.24) is 4.90 Å². The number of aryl methyl sites for hydroxylation is 2. The molecule has 1 fully saturated rings. The number of aliphatic carboxylic acids is 1. The predicted octanol–water partition coefficient (Wildman–Crippen LogP) is 3.03. The van der Waals surface area contributed by atoms with Crippen LogP contribution in [0, 0.1) is 19.8 Å². The number of ether oxygens (including phenoxy) is 1. The molecule has 5 nitrogen and oxygen atoms in total. The number of benzene rings is 1. The lowest BCUT2D eigenvalue weighted by Crippen LogP contribution is -2.31. The summed E-state index contributed by atoms with van der Waals surface area (Å²) >= 11 is 0. The second-order valence-corrected chi connectivity index (χ2v) is 6.46. The van der Waals surface area contributed by atoms with Crippen LogP contribution in [0.4, 0.5) is 0 Å². The maximum absolute atomic E-state index is 12.6. The number of amides is 1. The van der Waals surface area contributed by atoms with E-state index >= 15 is 0 Å². The Hall–Kier alpha value is -2.04. The van der Waals surface area contributed by atoms with Gasteiger partial charge in [0, 0.05) is 19.2 Å². The first kappa shape index (κ1) is 17.3. The Kier molecular flexibility index (Phi) is 5.64. The Labute approximate surface area is 137 Å². The van der Waals surface area contributed by atoms with Gasteiger partial charge in [0.15, 0.2) is 6.61 Å². The van der Waals surface area contributed by atoms with E-state index < -0.39 is 5.97 Å². The van der Waals surface area contributed by atoms with Crippen molar-refractivity contribution in [1.29, 1.82) is 0 Å². The molecule has 0 atom stereocenters. The number of carboxylic acid groups (broad SMARTS) is 1. The van der Waals surface area contributed by atoms with Gasteiger partial charge in [0.05, 0.1) is 0 Å². The van der Waals surface area contributed by atoms with Gasteiger partial charge in [-0.3, -0.25) is 4.79 Å². The van der Waals surface area contributed by atoms with Crippen molar-refractivity contribution in [2.24, 2.45) is 5.92 Å². The average Bonchev–Trinajstić information content (AvgIpc) is 2.97. The van der Waals surface area contributed by atoms with E-state index in [1.807, 2.05) is 20.9 Å². The monoisotopic (exact) mass is 319 g/mol. The largest absolute Gasteiger partial charge is 0.481 e. The molecule has 1 amide bonds. The average molecular weight is 319 g/mol. The molecule has 0 saturated heterocycles. The van der Waals surface area contributed by atoms with Crippen molar-refractivity contribution in [2.75, 3.05) is 20.2 Å². The standard InChI is InChI=1S/C18H25NO4/c1-12-8-15(9-13(2)17(12)23-11-16(20)21)18(22)19(3)10-14-6-4-5-7-14/h8-9,14H,4-7,10-11H2,1-3H3,(H,20,21). The summed E-state index contributed by atoms with van der Waals surface area (Å²) in [5, 5.41) is 8.72. The Bertz CT molecular complexity index is 568. The summed E-state index contributed by atoms with van der Waals surface area (Å²) in [6.07, 6.45) is 4.94. The third kappa shape index (κ3) is 4.47. The number of carbonyl (C=O) groups is 2. The number of nitrogens with zero attached hydrogens (tertiary/aromatic N) is 1. The molecule has 1 aliphatic carbocycles. The van der Waals surface area contributed by atoms with Gasteiger partial charge in [-0.2, -0.15) is 0 Å². The summed E-state index contributed by atoms with van der Waals surface area (Å²) in [5.74, 6) is 0.153. The van der Waals surface area contributed by atoms with Crippen molar-refractivity contribution in [2.45, 2.75) is 39.5 Å². The molecular weight excluding hydrogens is 294 g/mol. The van der Waals surface area contributed by atoms with E-state index in [1.54, 1.807) is 17.0 Å². The van der Waals surface area contributed by atoms with Crippen molar-refractivity contribution in [3.8, 4) is 5.75 Å². The lowest BCUT2D eigenvalue weighted by atomic mass is 10.0. The summed E-state index contributed by atoms with van der Waals surface area (Å²) in [5.41, 5.74) is 2.19. The summed E-state index contributed by atoms with van der Waals surface area (Å²) in [7, 11) is 1.85. The molecule has 0 radical (unpaired) electrons. The molecule has 0 bridgehead atoms. The van der Waals surface area contributed by atoms with Gasteiger partial charge in [-0.25, -0.2) is 4.79 Å². The van der Waals surface area contributed by atoms with Crippen molar-refractivity contribution in [3.63, 3.8) is 0 Å². The smallest absolute Gasteiger partial charge is 0.341 e. The highest BCUT2D eigenvalue weighted by Crippen LogP contribution is 2.27. The van der Waals surface area contributed by atoms with Gasteiger partial charge < -0.3 is 14.7 Å². The number of rotatable bonds is 6. The number of hydrogen-bond acceptors (Lipinski definition) is 3. The molecule has 1 aromatic rings. The predicted molar refractivity (Wildman–Crippen MR) is 88.0 cm³/mol. The van der Waals surface area contributed by atoms with Crippen LogP contribution < -0.4 is 4.74 Å². The molecule has 126 valence electrons. The quantitative estimate of drug-likeness (QED) is 0.875. The molecule has 1 saturated carbocycles. The van der Waals surface area contributed by atoms with Gasteiger partial charge in [-0.15, -0.1) is 0 Å². The van der Waals surface area contributed by atoms with Gasteiger partial charge in [0.1, 0.15) is 5.75 Å². The Morgan fingerprint density at radius 1 is 1.22 bits per heavy atom. The second kappa shape index (κ2) is 7.49. The first-order chi connectivity index (χ1) is 10.9. The Morgan fingerprint density at radius 2 is 1.78 bits per heavy atom. The van der Waals surface area contributed by atoms with Gasteiger partial charge in [-0.1, -0.05) is 12.8 Å². The van der Waals surface area contributed by atoms with Crippen molar-refractivity contribution < 1.29 is 19.4 Å². The van der Waals surface area contributed by atoms with E-state index in [-0.39, 0.29) is 12.5 Å². The molecule has 0 aromatic heterocycles. The molecule has 0 aliphatic heterocycles. The van der Waals surface area contributed by atoms with E-state index in [9.17, 15) is 9.59 Å². The lowest BCUT2D eigenvalue weighted by molar-refractivity contribution is -0.139. The molecular formula is C18H25NO4. The van der Waals surface area contributed by atoms with Crippen LogP contribution in [0.3, 0.4) is 0 Å². The van der Waals surface area contributed by atoms with E-state index in [1.165, 1.54) is 25.7 Å². The number of hydrogen-bond donors (Lipinski definition) is 1. The highest BCUT2D eigenvalue weighted by Gasteiger charge is 2.21. The zero-order chi connectivity index (χ0) is 17.0. The van der Waals surface area contributed by atoms with Gasteiger partial charge in [0.2, 0.25) is 0 Å². The van der Waals surface area contributed by atoms with Crippen LogP contribution in [0.1, 0.15) is 47.2 Å². The topological polar surface area (TPSA) is 66.8 Å². The van der Waals surface area contributed by atoms with Crippen molar-refractivity contribution in [3.05, 3.63) is 28.8 Å². The minimum Gasteiger partial charge on any atom is -0.481 e. The van der Waals surface area contributed by atoms with E-state index in [0.29, 0.717) is 17.2 Å². The fourth-order valence-corrected chi connectivity index (χ4v) is 3.32. The minimum absolute atomic E-state index is 0.00730. The van der Waals surface area contributed by atoms with Gasteiger partial charge >= 0.3 is 5.97 Å². The molecule has 5 heteroatoms. The zero-order valence-electron chi connectivity index (χ0n) is 14.1. The second-order valence-electron chi connectivity index (χ2n) is 6.46. The van der Waals surface area contributed by atoms with Crippen LogP contribution in [-0.2, 0) is 4.79 Å². The summed E-state index contributed by atoms with van der Waals surface area (Å²) in [6.45, 7) is 4.08. The molecule has 1 N–H and O–H groups in total. The molecule has 0 unspecified atom stereocenters. The Morgan fingerprint density at radius 3 is 2.30 bits per heavy atom. The van der Waals surface area contributed by atoms with E-state index in [2.05, 4.69) is 0 Å². The number of carbonyl (C=O) groups excluding carboxylic acids is 1. The van der Waals surface area contributed by atoms with Crippen LogP contribution in [-0.4, -0.2) is 42.1 Å². The highest BCUT2D eigenvalue weighted by molar-refractivity contribution is 5.94. The SMILES string of the molecule is Cc1cc(C(=O)N(C)CC2CCCC2)cc(C)c1OCC(=O)O. The van der Waals surface area contributed by atoms with Crippen LogP contribution in [0.15, 0.2) is 12.1 Å². The zero-order valence-corrected chi connectivity index (χ0v) is 14.1. The van der Waals surface area contributed by atoms with Gasteiger partial charge in [0.25, 0.3) is 5.91 Å². The molecule has 0 heterocycles. The molecule has 23 heavy (non-hydrogen) atoms. The first-order valence-corrected chi connectivity index (χ1v) is 8.09. The fourth-order valence-electron chi connectivity index (χ4n) is 3.32. The van der Waals surface area contributed by atoms with Crippen LogP contribution in [0.25, 0.3) is 0 Å². The minimum atomic E-state index is -1.01. The third-order valence-corrected chi connectivity index (χ3v) is 4.40. The van der Waals surface area contributed by atoms with Crippen molar-refractivity contribution >= 4 is 11.9 Å². The van der Waals surface area contributed by atoms with Crippen LogP contribution in [0.5, 0.6) is 5.75 Å². The molecule has 2 rings (SSSR count). The van der Waals surface area contributed by atoms with Crippen LogP contribution >= 0.6 is 0 Å². The summed E-state index contributed by atoms with van der Waals surface area (Å²) < 4.78 is 5.31. The summed E-state index contributed by atoms with van der Waals surface area (Å²) in [6, 6.07) is 3.55. The maximum atomic E-state index is 12.6. The highest BCUT2D eigenvalue weighted by atomic mass is 16.5. The molecule has 1 aromatic carbocycles. The fraction of sp³-hybridized carbons (Fsp3) is 0.556.